The van der Waals surface area contributed by atoms with Crippen LogP contribution in [0.3, 0.4) is 0 Å². The van der Waals surface area contributed by atoms with Crippen molar-refractivity contribution < 1.29 is 9.53 Å². The third-order valence-corrected chi connectivity index (χ3v) is 2.63. The highest BCUT2D eigenvalue weighted by Crippen LogP contribution is 2.10. The number of nitrogens with one attached hydrogen (secondary N) is 1. The van der Waals surface area contributed by atoms with Crippen LogP contribution >= 0.6 is 0 Å². The summed E-state index contributed by atoms with van der Waals surface area (Å²) in [5, 5.41) is 3.26. The minimum absolute atomic E-state index is 0.259. The first-order valence-electron chi connectivity index (χ1n) is 7.36. The number of amides is 1. The van der Waals surface area contributed by atoms with Gasteiger partial charge in [-0.3, -0.25) is 9.97 Å². The average molecular weight is 294 g/mol. The van der Waals surface area contributed by atoms with E-state index >= 15 is 0 Å². The van der Waals surface area contributed by atoms with Crippen molar-refractivity contribution in [2.45, 2.75) is 46.3 Å². The number of carbonyl (C=O) groups excluding carboxylic acids is 1. The second-order valence-corrected chi connectivity index (χ2v) is 5.84. The maximum absolute atomic E-state index is 12.1. The largest absolute Gasteiger partial charge is 0.444 e. The molecule has 118 valence electrons. The second-order valence-electron chi connectivity index (χ2n) is 5.84. The molecule has 1 N–H and O–H groups in total. The summed E-state index contributed by atoms with van der Waals surface area (Å²) in [6.07, 6.45) is 5.69. The molecule has 0 aromatic carbocycles. The molecule has 0 saturated carbocycles. The summed E-state index contributed by atoms with van der Waals surface area (Å²) in [5.74, 6) is 0. The van der Waals surface area contributed by atoms with Crippen molar-refractivity contribution in [2.75, 3.05) is 19.6 Å². The van der Waals surface area contributed by atoms with Gasteiger partial charge >= 0.3 is 6.09 Å². The zero-order chi connectivity index (χ0) is 15.7. The van der Waals surface area contributed by atoms with Crippen LogP contribution in [0.25, 0.3) is 0 Å². The van der Waals surface area contributed by atoms with Gasteiger partial charge in [0.25, 0.3) is 0 Å². The summed E-state index contributed by atoms with van der Waals surface area (Å²) in [4.78, 5) is 22.0. The molecule has 1 rings (SSSR count). The smallest absolute Gasteiger partial charge is 0.410 e. The number of hydrogen-bond acceptors (Lipinski definition) is 5. The van der Waals surface area contributed by atoms with E-state index in [4.69, 9.17) is 4.74 Å². The van der Waals surface area contributed by atoms with E-state index in [9.17, 15) is 4.79 Å². The van der Waals surface area contributed by atoms with Crippen LogP contribution in [0.4, 0.5) is 4.79 Å². The number of ether oxygens (including phenoxy) is 1. The first-order chi connectivity index (χ1) is 9.92. The lowest BCUT2D eigenvalue weighted by Gasteiger charge is -2.27. The number of carbonyl (C=O) groups is 1. The van der Waals surface area contributed by atoms with E-state index in [1.165, 1.54) is 0 Å². The fourth-order valence-corrected chi connectivity index (χ4v) is 1.74. The van der Waals surface area contributed by atoms with Crippen LogP contribution < -0.4 is 5.32 Å². The summed E-state index contributed by atoms with van der Waals surface area (Å²) in [6, 6.07) is 0. The molecule has 1 heterocycles. The molecule has 1 amide bonds. The van der Waals surface area contributed by atoms with Crippen LogP contribution in [0.1, 0.15) is 39.8 Å². The van der Waals surface area contributed by atoms with Crippen LogP contribution in [0.2, 0.25) is 0 Å². The van der Waals surface area contributed by atoms with Gasteiger partial charge in [0, 0.05) is 44.8 Å². The molecule has 0 aliphatic heterocycles. The van der Waals surface area contributed by atoms with Gasteiger partial charge in [0.1, 0.15) is 5.60 Å². The highest BCUT2D eigenvalue weighted by molar-refractivity contribution is 5.68. The molecule has 0 fully saturated rings. The number of hydrogen-bond donors (Lipinski definition) is 1. The molecular formula is C15H26N4O2. The predicted molar refractivity (Wildman–Crippen MR) is 81.8 cm³/mol. The Labute approximate surface area is 126 Å². The third kappa shape index (κ3) is 7.60. The van der Waals surface area contributed by atoms with Gasteiger partial charge in [-0.15, -0.1) is 0 Å². The Morgan fingerprint density at radius 1 is 1.33 bits per heavy atom. The van der Waals surface area contributed by atoms with Gasteiger partial charge in [-0.1, -0.05) is 6.92 Å². The summed E-state index contributed by atoms with van der Waals surface area (Å²) in [7, 11) is 0. The molecule has 1 aromatic heterocycles. The Kier molecular flexibility index (Phi) is 7.08. The van der Waals surface area contributed by atoms with Crippen LogP contribution in [0.5, 0.6) is 0 Å². The van der Waals surface area contributed by atoms with E-state index in [0.717, 1.165) is 12.1 Å². The van der Waals surface area contributed by atoms with E-state index in [1.54, 1.807) is 23.5 Å². The van der Waals surface area contributed by atoms with E-state index in [1.807, 2.05) is 27.7 Å². The van der Waals surface area contributed by atoms with E-state index in [-0.39, 0.29) is 6.09 Å². The molecule has 0 saturated heterocycles. The maximum Gasteiger partial charge on any atom is 0.410 e. The quantitative estimate of drug-likeness (QED) is 0.781. The lowest BCUT2D eigenvalue weighted by molar-refractivity contribution is 0.0252. The zero-order valence-corrected chi connectivity index (χ0v) is 13.4. The maximum atomic E-state index is 12.1. The van der Waals surface area contributed by atoms with Crippen molar-refractivity contribution >= 4 is 6.09 Å². The normalized spacial score (nSPS) is 11.2. The van der Waals surface area contributed by atoms with Crippen molar-refractivity contribution in [3.05, 3.63) is 24.3 Å². The lowest BCUT2D eigenvalue weighted by atomic mass is 10.2. The fraction of sp³-hybridized carbons (Fsp3) is 0.667. The van der Waals surface area contributed by atoms with Crippen molar-refractivity contribution in [2.24, 2.45) is 0 Å². The minimum atomic E-state index is -0.462. The first-order valence-corrected chi connectivity index (χ1v) is 7.36. The van der Waals surface area contributed by atoms with Crippen LogP contribution in [0.15, 0.2) is 18.6 Å². The van der Waals surface area contributed by atoms with Crippen LogP contribution in [-0.4, -0.2) is 46.2 Å². The topological polar surface area (TPSA) is 67.3 Å². The van der Waals surface area contributed by atoms with Crippen molar-refractivity contribution in [1.82, 2.24) is 20.2 Å². The molecule has 0 atom stereocenters. The Morgan fingerprint density at radius 3 is 2.67 bits per heavy atom. The van der Waals surface area contributed by atoms with E-state index in [0.29, 0.717) is 26.2 Å². The van der Waals surface area contributed by atoms with Gasteiger partial charge in [0.05, 0.1) is 5.69 Å². The Balaban J connectivity index is 2.35. The minimum Gasteiger partial charge on any atom is -0.444 e. The fourth-order valence-electron chi connectivity index (χ4n) is 1.74. The highest BCUT2D eigenvalue weighted by Gasteiger charge is 2.21. The highest BCUT2D eigenvalue weighted by atomic mass is 16.6. The average Bonchev–Trinajstić information content (AvgIpc) is 2.41. The molecule has 0 bridgehead atoms. The summed E-state index contributed by atoms with van der Waals surface area (Å²) >= 11 is 0. The first kappa shape index (κ1) is 17.4. The molecular weight excluding hydrogens is 268 g/mol. The van der Waals surface area contributed by atoms with Gasteiger partial charge in [0.2, 0.25) is 0 Å². The van der Waals surface area contributed by atoms with Crippen LogP contribution in [-0.2, 0) is 11.3 Å². The van der Waals surface area contributed by atoms with E-state index in [2.05, 4.69) is 15.3 Å². The summed E-state index contributed by atoms with van der Waals surface area (Å²) < 4.78 is 5.40. The van der Waals surface area contributed by atoms with Crippen molar-refractivity contribution in [3.63, 3.8) is 0 Å². The standard InChI is InChI=1S/C15H26N4O2/c1-5-9-19(14(20)21-15(2,3)4)10-8-17-12-13-11-16-6-7-18-13/h6-7,11,17H,5,8-10,12H2,1-4H3. The second kappa shape index (κ2) is 8.56. The molecule has 0 aliphatic carbocycles. The number of aromatic nitrogens is 2. The van der Waals surface area contributed by atoms with Gasteiger partial charge in [-0.2, -0.15) is 0 Å². The molecule has 0 radical (unpaired) electrons. The molecule has 0 spiro atoms. The van der Waals surface area contributed by atoms with Gasteiger partial charge in [-0.25, -0.2) is 4.79 Å². The van der Waals surface area contributed by atoms with Gasteiger partial charge < -0.3 is 15.0 Å². The molecule has 1 aromatic rings. The molecule has 6 nitrogen and oxygen atoms in total. The molecule has 0 aliphatic rings. The van der Waals surface area contributed by atoms with Crippen molar-refractivity contribution in [3.8, 4) is 0 Å². The Bertz CT molecular complexity index is 417. The molecule has 6 heteroatoms. The van der Waals surface area contributed by atoms with Gasteiger partial charge in [0.15, 0.2) is 0 Å². The lowest BCUT2D eigenvalue weighted by Crippen LogP contribution is -2.40. The summed E-state index contributed by atoms with van der Waals surface area (Å²) in [5.41, 5.74) is 0.424. The number of nitrogens with zero attached hydrogens (tertiary/aromatic N) is 3. The SMILES string of the molecule is CCCN(CCNCc1cnccn1)C(=O)OC(C)(C)C. The summed E-state index contributed by atoms with van der Waals surface area (Å²) in [6.45, 7) is 10.3. The Hall–Kier alpha value is -1.69. The van der Waals surface area contributed by atoms with E-state index < -0.39 is 5.60 Å². The molecule has 21 heavy (non-hydrogen) atoms. The monoisotopic (exact) mass is 294 g/mol. The predicted octanol–water partition coefficient (Wildman–Crippen LogP) is 2.21. The third-order valence-electron chi connectivity index (χ3n) is 2.63. The van der Waals surface area contributed by atoms with Crippen LogP contribution in [0, 0.1) is 0 Å². The number of rotatable bonds is 7. The zero-order valence-electron chi connectivity index (χ0n) is 13.4. The Morgan fingerprint density at radius 2 is 2.10 bits per heavy atom. The van der Waals surface area contributed by atoms with Gasteiger partial charge in [-0.05, 0) is 27.2 Å². The molecule has 0 unspecified atom stereocenters. The van der Waals surface area contributed by atoms with Crippen molar-refractivity contribution in [1.29, 1.82) is 0 Å².